The number of hydrogen-bond donors (Lipinski definition) is 1. The monoisotopic (exact) mass is 458 g/mol. The molecule has 2 heterocycles. The largest absolute Gasteiger partial charge is 0.493 e. The molecule has 0 bridgehead atoms. The highest BCUT2D eigenvalue weighted by Gasteiger charge is 2.23. The van der Waals surface area contributed by atoms with E-state index in [1.54, 1.807) is 47.5 Å². The maximum absolute atomic E-state index is 13.1. The van der Waals surface area contributed by atoms with E-state index in [9.17, 15) is 13.2 Å². The van der Waals surface area contributed by atoms with E-state index in [2.05, 4.69) is 19.5 Å². The Morgan fingerprint density at radius 2 is 2.00 bits per heavy atom. The standard InChI is InChI=1S/C21H22N4O6S/c1-29-17-11-15(6-8-20(26)30-2)12-18(21(17)31-3)32(27,28)24-14-16-5-7-19(22-13-16)25-10-4-9-23-25/h4-13,24H,14H2,1-3H3/b8-6+. The lowest BCUT2D eigenvalue weighted by Crippen LogP contribution is -2.24. The average molecular weight is 458 g/mol. The summed E-state index contributed by atoms with van der Waals surface area (Å²) >= 11 is 0. The SMILES string of the molecule is COC(=O)/C=C/c1cc(OC)c(OC)c(S(=O)(=O)NCc2ccc(-n3cccn3)nc2)c1. The Hall–Kier alpha value is -3.70. The number of nitrogens with zero attached hydrogens (tertiary/aromatic N) is 3. The number of methoxy groups -OCH3 is 3. The van der Waals surface area contributed by atoms with Crippen LogP contribution < -0.4 is 14.2 Å². The average Bonchev–Trinajstić information content (AvgIpc) is 3.35. The lowest BCUT2D eigenvalue weighted by molar-refractivity contribution is -0.134. The number of hydrogen-bond acceptors (Lipinski definition) is 8. The molecule has 0 saturated heterocycles. The molecule has 0 unspecified atom stereocenters. The Kier molecular flexibility index (Phi) is 7.23. The quantitative estimate of drug-likeness (QED) is 0.381. The van der Waals surface area contributed by atoms with Gasteiger partial charge in [-0.2, -0.15) is 5.10 Å². The molecule has 1 N–H and O–H groups in total. The van der Waals surface area contributed by atoms with Gasteiger partial charge in [-0.3, -0.25) is 0 Å². The summed E-state index contributed by atoms with van der Waals surface area (Å²) in [5, 5.41) is 4.10. The van der Waals surface area contributed by atoms with Crippen LogP contribution in [-0.4, -0.2) is 50.5 Å². The van der Waals surface area contributed by atoms with Gasteiger partial charge in [0.25, 0.3) is 0 Å². The van der Waals surface area contributed by atoms with Crippen molar-refractivity contribution in [2.75, 3.05) is 21.3 Å². The molecule has 0 fully saturated rings. The molecule has 3 aromatic rings. The van der Waals surface area contributed by atoms with Crippen molar-refractivity contribution in [1.29, 1.82) is 0 Å². The highest BCUT2D eigenvalue weighted by Crippen LogP contribution is 2.36. The Balaban J connectivity index is 1.86. The van der Waals surface area contributed by atoms with Gasteiger partial charge in [0.1, 0.15) is 4.90 Å². The first-order valence-corrected chi connectivity index (χ1v) is 10.8. The van der Waals surface area contributed by atoms with E-state index in [1.165, 1.54) is 39.5 Å². The molecule has 10 nitrogen and oxygen atoms in total. The third kappa shape index (κ3) is 5.31. The minimum atomic E-state index is -4.00. The molecule has 0 amide bonds. The second-order valence-corrected chi connectivity index (χ2v) is 8.15. The number of sulfonamides is 1. The van der Waals surface area contributed by atoms with Gasteiger partial charge in [-0.15, -0.1) is 0 Å². The van der Waals surface area contributed by atoms with Crippen LogP contribution in [0.5, 0.6) is 11.5 Å². The van der Waals surface area contributed by atoms with Crippen LogP contribution in [0.1, 0.15) is 11.1 Å². The number of nitrogens with one attached hydrogen (secondary N) is 1. The first kappa shape index (κ1) is 23.0. The van der Waals surface area contributed by atoms with Crippen LogP contribution in [0, 0.1) is 0 Å². The fourth-order valence-corrected chi connectivity index (χ4v) is 4.03. The molecule has 2 aromatic heterocycles. The first-order chi connectivity index (χ1) is 15.4. The lowest BCUT2D eigenvalue weighted by Gasteiger charge is -2.15. The van der Waals surface area contributed by atoms with Gasteiger partial charge in [0.15, 0.2) is 17.3 Å². The van der Waals surface area contributed by atoms with Gasteiger partial charge in [0.05, 0.1) is 21.3 Å². The van der Waals surface area contributed by atoms with Crippen molar-refractivity contribution in [2.24, 2.45) is 0 Å². The van der Waals surface area contributed by atoms with Gasteiger partial charge in [0.2, 0.25) is 10.0 Å². The van der Waals surface area contributed by atoms with Crippen molar-refractivity contribution in [3.8, 4) is 17.3 Å². The summed E-state index contributed by atoms with van der Waals surface area (Å²) in [4.78, 5) is 15.5. The van der Waals surface area contributed by atoms with Crippen molar-refractivity contribution in [1.82, 2.24) is 19.5 Å². The Bertz CT molecular complexity index is 1210. The number of aromatic nitrogens is 3. The molecule has 11 heteroatoms. The van der Waals surface area contributed by atoms with E-state index >= 15 is 0 Å². The predicted molar refractivity (Wildman–Crippen MR) is 116 cm³/mol. The third-order valence-electron chi connectivity index (χ3n) is 4.38. The maximum atomic E-state index is 13.1. The van der Waals surface area contributed by atoms with Gasteiger partial charge in [-0.05, 0) is 41.5 Å². The molecule has 1 aromatic carbocycles. The predicted octanol–water partition coefficient (Wildman–Crippen LogP) is 1.95. The van der Waals surface area contributed by atoms with Crippen molar-refractivity contribution in [3.05, 3.63) is 66.1 Å². The molecular formula is C21H22N4O6S. The number of benzene rings is 1. The van der Waals surface area contributed by atoms with Crippen molar-refractivity contribution in [2.45, 2.75) is 11.4 Å². The summed E-state index contributed by atoms with van der Waals surface area (Å²) in [5.74, 6) is 0.277. The molecule has 0 atom stereocenters. The molecule has 0 radical (unpaired) electrons. The van der Waals surface area contributed by atoms with E-state index in [-0.39, 0.29) is 22.9 Å². The van der Waals surface area contributed by atoms with Crippen molar-refractivity contribution < 1.29 is 27.4 Å². The maximum Gasteiger partial charge on any atom is 0.330 e. The number of ether oxygens (including phenoxy) is 3. The molecule has 168 valence electrons. The van der Waals surface area contributed by atoms with Gasteiger partial charge < -0.3 is 14.2 Å². The second kappa shape index (κ2) is 10.1. The zero-order chi connectivity index (χ0) is 23.1. The molecule has 32 heavy (non-hydrogen) atoms. The van der Waals surface area contributed by atoms with Gasteiger partial charge in [-0.25, -0.2) is 27.6 Å². The van der Waals surface area contributed by atoms with Crippen LogP contribution in [0.15, 0.2) is 59.9 Å². The zero-order valence-corrected chi connectivity index (χ0v) is 18.5. The lowest BCUT2D eigenvalue weighted by atomic mass is 10.2. The fourth-order valence-electron chi connectivity index (χ4n) is 2.80. The number of pyridine rings is 1. The van der Waals surface area contributed by atoms with Crippen LogP contribution in [0.2, 0.25) is 0 Å². The second-order valence-electron chi connectivity index (χ2n) is 6.41. The van der Waals surface area contributed by atoms with Crippen LogP contribution in [0.3, 0.4) is 0 Å². The molecule has 0 spiro atoms. The highest BCUT2D eigenvalue weighted by molar-refractivity contribution is 7.89. The van der Waals surface area contributed by atoms with E-state index < -0.39 is 16.0 Å². The molecule has 0 aliphatic carbocycles. The first-order valence-electron chi connectivity index (χ1n) is 9.34. The summed E-state index contributed by atoms with van der Waals surface area (Å²) in [5.41, 5.74) is 1.07. The van der Waals surface area contributed by atoms with Gasteiger partial charge >= 0.3 is 5.97 Å². The summed E-state index contributed by atoms with van der Waals surface area (Å²) in [7, 11) is -0.0194. The number of carbonyl (C=O) groups excluding carboxylic acids is 1. The number of carbonyl (C=O) groups is 1. The van der Waals surface area contributed by atoms with Crippen LogP contribution in [0.4, 0.5) is 0 Å². The minimum absolute atomic E-state index is 0.00240. The van der Waals surface area contributed by atoms with Crippen LogP contribution in [-0.2, 0) is 26.1 Å². The topological polar surface area (TPSA) is 122 Å². The third-order valence-corrected chi connectivity index (χ3v) is 5.79. The summed E-state index contributed by atoms with van der Waals surface area (Å²) in [6.45, 7) is 0.00240. The fraction of sp³-hybridized carbons (Fsp3) is 0.190. The highest BCUT2D eigenvalue weighted by atomic mass is 32.2. The summed E-state index contributed by atoms with van der Waals surface area (Å²) < 4.78 is 45.4. The Labute approximate surface area is 185 Å². The van der Waals surface area contributed by atoms with Crippen molar-refractivity contribution >= 4 is 22.1 Å². The van der Waals surface area contributed by atoms with E-state index in [1.807, 2.05) is 0 Å². The molecule has 0 aliphatic rings. The Morgan fingerprint density at radius 3 is 2.59 bits per heavy atom. The normalized spacial score (nSPS) is 11.5. The van der Waals surface area contributed by atoms with E-state index in [4.69, 9.17) is 9.47 Å². The minimum Gasteiger partial charge on any atom is -0.493 e. The molecule has 0 aliphatic heterocycles. The zero-order valence-electron chi connectivity index (χ0n) is 17.7. The number of esters is 1. The summed E-state index contributed by atoms with van der Waals surface area (Å²) in [6.07, 6.45) is 7.56. The van der Waals surface area contributed by atoms with E-state index in [0.717, 1.165) is 0 Å². The molecule has 3 rings (SSSR count). The van der Waals surface area contributed by atoms with Gasteiger partial charge in [0, 0.05) is 31.2 Å². The van der Waals surface area contributed by atoms with Crippen LogP contribution >= 0.6 is 0 Å². The van der Waals surface area contributed by atoms with Gasteiger partial charge in [-0.1, -0.05) is 6.07 Å². The van der Waals surface area contributed by atoms with E-state index in [0.29, 0.717) is 16.9 Å². The van der Waals surface area contributed by atoms with Crippen molar-refractivity contribution in [3.63, 3.8) is 0 Å². The summed E-state index contributed by atoms with van der Waals surface area (Å²) in [6, 6.07) is 8.19. The molecular weight excluding hydrogens is 436 g/mol. The molecule has 0 saturated carbocycles. The Morgan fingerprint density at radius 1 is 1.19 bits per heavy atom. The number of rotatable bonds is 9. The smallest absolute Gasteiger partial charge is 0.330 e. The van der Waals surface area contributed by atoms with Crippen LogP contribution in [0.25, 0.3) is 11.9 Å².